The molecule has 2 aliphatic heterocycles. The predicted molar refractivity (Wildman–Crippen MR) is 52.2 cm³/mol. The lowest BCUT2D eigenvalue weighted by Gasteiger charge is -2.18. The molecule has 0 aliphatic carbocycles. The molecule has 0 aromatic rings. The van der Waals surface area contributed by atoms with Crippen LogP contribution in [0.3, 0.4) is 0 Å². The summed E-state index contributed by atoms with van der Waals surface area (Å²) >= 11 is 3.00. The molecule has 0 amide bonds. The highest BCUT2D eigenvalue weighted by Crippen LogP contribution is 2.32. The van der Waals surface area contributed by atoms with Crippen LogP contribution in [0.15, 0.2) is 0 Å². The number of halogens is 1. The average Bonchev–Trinajstić information content (AvgIpc) is 2.80. The zero-order chi connectivity index (χ0) is 9.47. The van der Waals surface area contributed by atoms with Crippen LogP contribution in [0.4, 0.5) is 0 Å². The van der Waals surface area contributed by atoms with Crippen molar-refractivity contribution in [2.45, 2.75) is 25.0 Å². The lowest BCUT2D eigenvalue weighted by Crippen LogP contribution is -2.33. The summed E-state index contributed by atoms with van der Waals surface area (Å²) in [4.78, 5) is 0. The van der Waals surface area contributed by atoms with E-state index in [0.717, 1.165) is 12.8 Å². The van der Waals surface area contributed by atoms with Crippen LogP contribution < -0.4 is 0 Å². The molecule has 0 bridgehead atoms. The second kappa shape index (κ2) is 3.49. The van der Waals surface area contributed by atoms with Crippen molar-refractivity contribution >= 4 is 26.0 Å². The van der Waals surface area contributed by atoms with Gasteiger partial charge in [-0.25, -0.2) is 12.7 Å². The largest absolute Gasteiger partial charge is 0.369 e. The van der Waals surface area contributed by atoms with E-state index < -0.39 is 10.0 Å². The third-order valence-electron chi connectivity index (χ3n) is 2.54. The number of nitrogens with zero attached hydrogens (tertiary/aromatic N) is 1. The van der Waals surface area contributed by atoms with Gasteiger partial charge >= 0.3 is 0 Å². The molecule has 0 aromatic carbocycles. The molecular formula is C7H12BrNO3S. The van der Waals surface area contributed by atoms with Gasteiger partial charge in [-0.05, 0) is 12.8 Å². The highest BCUT2D eigenvalue weighted by Gasteiger charge is 2.42. The first-order valence-corrected chi connectivity index (χ1v) is 7.06. The molecule has 0 spiro atoms. The van der Waals surface area contributed by atoms with Crippen LogP contribution in [0.5, 0.6) is 0 Å². The van der Waals surface area contributed by atoms with Crippen LogP contribution in [-0.4, -0.2) is 42.7 Å². The van der Waals surface area contributed by atoms with Gasteiger partial charge in [-0.2, -0.15) is 0 Å². The number of alkyl halides is 1. The van der Waals surface area contributed by atoms with Gasteiger partial charge in [0, 0.05) is 13.1 Å². The maximum atomic E-state index is 11.5. The van der Waals surface area contributed by atoms with Crippen LogP contribution in [0.1, 0.15) is 12.8 Å². The van der Waals surface area contributed by atoms with Crippen molar-refractivity contribution in [1.29, 1.82) is 0 Å². The highest BCUT2D eigenvalue weighted by atomic mass is 79.9. The third-order valence-corrected chi connectivity index (χ3v) is 5.71. The third kappa shape index (κ3) is 2.06. The van der Waals surface area contributed by atoms with Crippen molar-refractivity contribution in [2.75, 3.05) is 17.8 Å². The van der Waals surface area contributed by atoms with Gasteiger partial charge < -0.3 is 4.74 Å². The number of fused-ring (bicyclic) bond motifs is 1. The molecule has 2 atom stereocenters. The fourth-order valence-corrected chi connectivity index (χ4v) is 3.46. The molecule has 13 heavy (non-hydrogen) atoms. The van der Waals surface area contributed by atoms with E-state index >= 15 is 0 Å². The minimum atomic E-state index is -3.05. The summed E-state index contributed by atoms with van der Waals surface area (Å²) in [7, 11) is -3.05. The quantitative estimate of drug-likeness (QED) is 0.543. The Morgan fingerprint density at radius 3 is 2.31 bits per heavy atom. The first-order valence-electron chi connectivity index (χ1n) is 4.33. The number of epoxide rings is 1. The molecule has 2 aliphatic rings. The van der Waals surface area contributed by atoms with E-state index in [2.05, 4.69) is 15.9 Å². The standard InChI is InChI=1S/C7H12BrNO3S/c8-5-13(10,11)9-3-1-6-7(12-6)2-4-9/h6-7H,1-5H2/t6-,7-/m0/s1. The van der Waals surface area contributed by atoms with Crippen LogP contribution in [0, 0.1) is 0 Å². The Morgan fingerprint density at radius 1 is 1.31 bits per heavy atom. The molecular weight excluding hydrogens is 258 g/mol. The van der Waals surface area contributed by atoms with Crippen LogP contribution in [-0.2, 0) is 14.8 Å². The Kier molecular flexibility index (Phi) is 2.65. The van der Waals surface area contributed by atoms with E-state index in [0.29, 0.717) is 25.3 Å². The van der Waals surface area contributed by atoms with Gasteiger partial charge in [0.1, 0.15) is 4.66 Å². The summed E-state index contributed by atoms with van der Waals surface area (Å²) in [5.74, 6) is 0. The van der Waals surface area contributed by atoms with Gasteiger partial charge in [0.05, 0.1) is 12.2 Å². The minimum absolute atomic E-state index is 0.0240. The number of rotatable bonds is 2. The van der Waals surface area contributed by atoms with Gasteiger partial charge in [0.25, 0.3) is 0 Å². The topological polar surface area (TPSA) is 49.9 Å². The van der Waals surface area contributed by atoms with E-state index in [4.69, 9.17) is 4.74 Å². The minimum Gasteiger partial charge on any atom is -0.369 e. The summed E-state index contributed by atoms with van der Waals surface area (Å²) in [5, 5.41) is 0. The first-order chi connectivity index (χ1) is 6.13. The zero-order valence-electron chi connectivity index (χ0n) is 7.15. The Bertz CT molecular complexity index is 280. The molecule has 0 saturated carbocycles. The molecule has 2 fully saturated rings. The molecule has 6 heteroatoms. The number of ether oxygens (including phenoxy) is 1. The van der Waals surface area contributed by atoms with Crippen molar-refractivity contribution in [3.8, 4) is 0 Å². The van der Waals surface area contributed by atoms with Crippen molar-refractivity contribution in [3.63, 3.8) is 0 Å². The molecule has 2 rings (SSSR count). The van der Waals surface area contributed by atoms with E-state index in [1.165, 1.54) is 0 Å². The zero-order valence-corrected chi connectivity index (χ0v) is 9.55. The smallest absolute Gasteiger partial charge is 0.224 e. The molecule has 76 valence electrons. The van der Waals surface area contributed by atoms with E-state index in [-0.39, 0.29) is 4.66 Å². The van der Waals surface area contributed by atoms with Gasteiger partial charge in [0.2, 0.25) is 10.0 Å². The van der Waals surface area contributed by atoms with Crippen molar-refractivity contribution in [2.24, 2.45) is 0 Å². The van der Waals surface area contributed by atoms with E-state index in [1.54, 1.807) is 4.31 Å². The molecule has 0 aromatic heterocycles. The monoisotopic (exact) mass is 269 g/mol. The second-order valence-corrected chi connectivity index (χ2v) is 6.68. The Morgan fingerprint density at radius 2 is 1.85 bits per heavy atom. The predicted octanol–water partition coefficient (Wildman–Crippen LogP) is 0.532. The number of sulfonamides is 1. The van der Waals surface area contributed by atoms with Crippen LogP contribution in [0.2, 0.25) is 0 Å². The Hall–Kier alpha value is 0.350. The molecule has 4 nitrogen and oxygen atoms in total. The molecule has 2 saturated heterocycles. The van der Waals surface area contributed by atoms with E-state index in [1.807, 2.05) is 0 Å². The molecule has 0 unspecified atom stereocenters. The molecule has 0 radical (unpaired) electrons. The lowest BCUT2D eigenvalue weighted by atomic mass is 10.2. The summed E-state index contributed by atoms with van der Waals surface area (Å²) in [6, 6.07) is 0. The Balaban J connectivity index is 2.01. The summed E-state index contributed by atoms with van der Waals surface area (Å²) < 4.78 is 29.8. The number of hydrogen-bond acceptors (Lipinski definition) is 3. The highest BCUT2D eigenvalue weighted by molar-refractivity contribution is 9.10. The number of hydrogen-bond donors (Lipinski definition) is 0. The first kappa shape index (κ1) is 9.89. The SMILES string of the molecule is O=S(=O)(CBr)N1CC[C@@H]2O[C@H]2CC1. The van der Waals surface area contributed by atoms with E-state index in [9.17, 15) is 8.42 Å². The van der Waals surface area contributed by atoms with Crippen molar-refractivity contribution < 1.29 is 13.2 Å². The maximum Gasteiger partial charge on any atom is 0.224 e. The van der Waals surface area contributed by atoms with Crippen molar-refractivity contribution in [1.82, 2.24) is 4.31 Å². The normalized spacial score (nSPS) is 35.2. The van der Waals surface area contributed by atoms with Gasteiger partial charge in [0.15, 0.2) is 0 Å². The lowest BCUT2D eigenvalue weighted by molar-refractivity contribution is 0.301. The van der Waals surface area contributed by atoms with Crippen LogP contribution in [0.25, 0.3) is 0 Å². The summed E-state index contributed by atoms with van der Waals surface area (Å²) in [6.45, 7) is 1.21. The average molecular weight is 270 g/mol. The molecule has 0 N–H and O–H groups in total. The second-order valence-electron chi connectivity index (χ2n) is 3.41. The fourth-order valence-electron chi connectivity index (χ4n) is 1.69. The Labute approximate surface area is 86.4 Å². The summed E-state index contributed by atoms with van der Waals surface area (Å²) in [5.41, 5.74) is 0. The molecule has 2 heterocycles. The maximum absolute atomic E-state index is 11.5. The van der Waals surface area contributed by atoms with Crippen LogP contribution >= 0.6 is 15.9 Å². The fraction of sp³-hybridized carbons (Fsp3) is 1.00. The van der Waals surface area contributed by atoms with Gasteiger partial charge in [-0.1, -0.05) is 15.9 Å². The van der Waals surface area contributed by atoms with Crippen molar-refractivity contribution in [3.05, 3.63) is 0 Å². The van der Waals surface area contributed by atoms with Gasteiger partial charge in [-0.3, -0.25) is 0 Å². The van der Waals surface area contributed by atoms with Gasteiger partial charge in [-0.15, -0.1) is 0 Å². The summed E-state index contributed by atoms with van der Waals surface area (Å²) in [6.07, 6.45) is 2.35.